The first-order chi connectivity index (χ1) is 15.2. The number of benzene rings is 3. The fourth-order valence-electron chi connectivity index (χ4n) is 3.27. The van der Waals surface area contributed by atoms with Crippen molar-refractivity contribution >= 4 is 34.3 Å². The van der Waals surface area contributed by atoms with Crippen LogP contribution in [0.2, 0.25) is 0 Å². The normalized spacial score (nSPS) is 15.4. The van der Waals surface area contributed by atoms with Crippen LogP contribution in [0.15, 0.2) is 83.9 Å². The molecular weight excluding hydrogens is 410 g/mol. The quantitative estimate of drug-likeness (QED) is 0.475. The van der Waals surface area contributed by atoms with Gasteiger partial charge in [-0.15, -0.1) is 0 Å². The number of ether oxygens (including phenoxy) is 2. The van der Waals surface area contributed by atoms with Crippen molar-refractivity contribution in [3.05, 3.63) is 90.4 Å². The summed E-state index contributed by atoms with van der Waals surface area (Å²) in [6, 6.07) is 23.2. The third-order valence-corrected chi connectivity index (χ3v) is 5.97. The van der Waals surface area contributed by atoms with Gasteiger partial charge in [0, 0.05) is 16.5 Å². The number of thioether (sulfide) groups is 1. The van der Waals surface area contributed by atoms with Gasteiger partial charge in [-0.3, -0.25) is 4.79 Å². The van der Waals surface area contributed by atoms with Crippen LogP contribution in [0, 0.1) is 0 Å². The van der Waals surface area contributed by atoms with Gasteiger partial charge in [-0.05, 0) is 35.9 Å². The molecule has 0 bridgehead atoms. The van der Waals surface area contributed by atoms with Gasteiger partial charge in [-0.1, -0.05) is 54.2 Å². The van der Waals surface area contributed by atoms with Gasteiger partial charge < -0.3 is 14.8 Å². The molecule has 4 aromatic rings. The standard InChI is InChI=1S/C24H19N3O3S/c28-23-24(31-21-11-4-3-10-20(21)27-23)30-14-16-6-5-8-18(12-16)29-15-22-25-13-17-7-1-2-9-19(17)26-22/h1-13,24H,14-15H2,(H,27,28). The zero-order valence-corrected chi connectivity index (χ0v) is 17.3. The summed E-state index contributed by atoms with van der Waals surface area (Å²) in [5.74, 6) is 1.17. The SMILES string of the molecule is O=C1Nc2ccccc2SC1OCc1cccc(OCc2ncc3ccccc3n2)c1. The van der Waals surface area contributed by atoms with E-state index in [0.717, 1.165) is 27.0 Å². The number of hydrogen-bond donors (Lipinski definition) is 1. The number of amides is 1. The van der Waals surface area contributed by atoms with Crippen molar-refractivity contribution in [1.29, 1.82) is 0 Å². The highest BCUT2D eigenvalue weighted by molar-refractivity contribution is 8.00. The topological polar surface area (TPSA) is 73.3 Å². The number of carbonyl (C=O) groups excluding carboxylic acids is 1. The molecule has 6 nitrogen and oxygen atoms in total. The average Bonchev–Trinajstić information content (AvgIpc) is 2.81. The summed E-state index contributed by atoms with van der Waals surface area (Å²) in [6.45, 7) is 0.573. The van der Waals surface area contributed by atoms with Gasteiger partial charge in [0.15, 0.2) is 11.3 Å². The Kier molecular flexibility index (Phi) is 5.52. The van der Waals surface area contributed by atoms with Crippen LogP contribution < -0.4 is 10.1 Å². The van der Waals surface area contributed by atoms with E-state index in [4.69, 9.17) is 9.47 Å². The average molecular weight is 430 g/mol. The number of anilines is 1. The Bertz CT molecular complexity index is 1250. The van der Waals surface area contributed by atoms with Crippen LogP contribution in [0.1, 0.15) is 11.4 Å². The molecule has 2 heterocycles. The first-order valence-electron chi connectivity index (χ1n) is 9.85. The number of rotatable bonds is 6. The van der Waals surface area contributed by atoms with E-state index in [-0.39, 0.29) is 12.5 Å². The van der Waals surface area contributed by atoms with Crippen molar-refractivity contribution < 1.29 is 14.3 Å². The molecule has 1 atom stereocenters. The van der Waals surface area contributed by atoms with E-state index in [9.17, 15) is 4.79 Å². The van der Waals surface area contributed by atoms with Crippen LogP contribution in [-0.4, -0.2) is 21.3 Å². The highest BCUT2D eigenvalue weighted by Gasteiger charge is 2.27. The van der Waals surface area contributed by atoms with Crippen molar-refractivity contribution in [1.82, 2.24) is 9.97 Å². The van der Waals surface area contributed by atoms with E-state index >= 15 is 0 Å². The lowest BCUT2D eigenvalue weighted by Crippen LogP contribution is -2.31. The maximum absolute atomic E-state index is 12.3. The lowest BCUT2D eigenvalue weighted by molar-refractivity contribution is -0.123. The van der Waals surface area contributed by atoms with Crippen LogP contribution in [0.4, 0.5) is 5.69 Å². The van der Waals surface area contributed by atoms with Crippen LogP contribution >= 0.6 is 11.8 Å². The largest absolute Gasteiger partial charge is 0.486 e. The Morgan fingerprint density at radius 3 is 2.81 bits per heavy atom. The number of nitrogens with one attached hydrogen (secondary N) is 1. The number of para-hydroxylation sites is 2. The molecule has 1 aromatic heterocycles. The molecule has 1 aliphatic rings. The van der Waals surface area contributed by atoms with Gasteiger partial charge in [-0.25, -0.2) is 9.97 Å². The predicted octanol–water partition coefficient (Wildman–Crippen LogP) is 4.80. The van der Waals surface area contributed by atoms with E-state index < -0.39 is 5.44 Å². The molecule has 7 heteroatoms. The lowest BCUT2D eigenvalue weighted by Gasteiger charge is -2.24. The highest BCUT2D eigenvalue weighted by atomic mass is 32.2. The first-order valence-corrected chi connectivity index (χ1v) is 10.7. The van der Waals surface area contributed by atoms with E-state index in [2.05, 4.69) is 15.3 Å². The van der Waals surface area contributed by atoms with Crippen molar-refractivity contribution in [2.45, 2.75) is 23.5 Å². The van der Waals surface area contributed by atoms with Gasteiger partial charge in [0.05, 0.1) is 17.8 Å². The molecule has 31 heavy (non-hydrogen) atoms. The molecule has 0 fully saturated rings. The maximum Gasteiger partial charge on any atom is 0.264 e. The predicted molar refractivity (Wildman–Crippen MR) is 120 cm³/mol. The Labute approximate surface area is 183 Å². The molecule has 1 N–H and O–H groups in total. The lowest BCUT2D eigenvalue weighted by atomic mass is 10.2. The van der Waals surface area contributed by atoms with Gasteiger partial charge >= 0.3 is 0 Å². The number of carbonyl (C=O) groups is 1. The van der Waals surface area contributed by atoms with E-state index in [1.54, 1.807) is 6.20 Å². The van der Waals surface area contributed by atoms with E-state index in [1.807, 2.05) is 72.8 Å². The number of aromatic nitrogens is 2. The Hall–Kier alpha value is -3.42. The third kappa shape index (κ3) is 4.52. The van der Waals surface area contributed by atoms with Crippen molar-refractivity contribution in [2.75, 3.05) is 5.32 Å². The Morgan fingerprint density at radius 2 is 1.84 bits per heavy atom. The van der Waals surface area contributed by atoms with E-state index in [0.29, 0.717) is 18.2 Å². The fraction of sp³-hybridized carbons (Fsp3) is 0.125. The van der Waals surface area contributed by atoms with Crippen LogP contribution in [0.25, 0.3) is 10.9 Å². The molecule has 1 amide bonds. The summed E-state index contributed by atoms with van der Waals surface area (Å²) in [6.07, 6.45) is 1.80. The molecule has 154 valence electrons. The maximum atomic E-state index is 12.3. The zero-order chi connectivity index (χ0) is 21.0. The molecule has 1 unspecified atom stereocenters. The number of nitrogens with zero attached hydrogens (tertiary/aromatic N) is 2. The second-order valence-corrected chi connectivity index (χ2v) is 8.13. The Balaban J connectivity index is 1.20. The van der Waals surface area contributed by atoms with Gasteiger partial charge in [-0.2, -0.15) is 0 Å². The second kappa shape index (κ2) is 8.75. The molecule has 5 rings (SSSR count). The smallest absolute Gasteiger partial charge is 0.264 e. The minimum absolute atomic E-state index is 0.149. The van der Waals surface area contributed by atoms with Crippen LogP contribution in [0.5, 0.6) is 5.75 Å². The molecule has 0 saturated carbocycles. The summed E-state index contributed by atoms with van der Waals surface area (Å²) in [4.78, 5) is 22.2. The van der Waals surface area contributed by atoms with Gasteiger partial charge in [0.2, 0.25) is 0 Å². The fourth-order valence-corrected chi connectivity index (χ4v) is 4.20. The monoisotopic (exact) mass is 429 g/mol. The molecule has 0 saturated heterocycles. The molecular formula is C24H19N3O3S. The molecule has 0 radical (unpaired) electrons. The minimum atomic E-state index is -0.592. The van der Waals surface area contributed by atoms with Crippen molar-refractivity contribution in [2.24, 2.45) is 0 Å². The summed E-state index contributed by atoms with van der Waals surface area (Å²) < 4.78 is 11.8. The highest BCUT2D eigenvalue weighted by Crippen LogP contribution is 2.36. The second-order valence-electron chi connectivity index (χ2n) is 7.03. The number of fused-ring (bicyclic) bond motifs is 2. The third-order valence-electron chi connectivity index (χ3n) is 4.80. The summed E-state index contributed by atoms with van der Waals surface area (Å²) >= 11 is 1.41. The van der Waals surface area contributed by atoms with Crippen LogP contribution in [-0.2, 0) is 22.7 Å². The zero-order valence-electron chi connectivity index (χ0n) is 16.5. The minimum Gasteiger partial charge on any atom is -0.486 e. The van der Waals surface area contributed by atoms with E-state index in [1.165, 1.54) is 11.8 Å². The summed E-state index contributed by atoms with van der Waals surface area (Å²) in [5, 5.41) is 3.88. The van der Waals surface area contributed by atoms with Gasteiger partial charge in [0.25, 0.3) is 5.91 Å². The van der Waals surface area contributed by atoms with Crippen molar-refractivity contribution in [3.63, 3.8) is 0 Å². The summed E-state index contributed by atoms with van der Waals surface area (Å²) in [7, 11) is 0. The molecule has 0 spiro atoms. The molecule has 1 aliphatic heterocycles. The van der Waals surface area contributed by atoms with Crippen molar-refractivity contribution in [3.8, 4) is 5.75 Å². The Morgan fingerprint density at radius 1 is 0.968 bits per heavy atom. The summed E-state index contributed by atoms with van der Waals surface area (Å²) in [5.41, 5.74) is 2.04. The first kappa shape index (κ1) is 19.5. The van der Waals surface area contributed by atoms with Crippen LogP contribution in [0.3, 0.4) is 0 Å². The van der Waals surface area contributed by atoms with Gasteiger partial charge in [0.1, 0.15) is 12.4 Å². The number of hydrogen-bond acceptors (Lipinski definition) is 6. The molecule has 0 aliphatic carbocycles. The molecule has 3 aromatic carbocycles.